The topological polar surface area (TPSA) is 97.2 Å². The Labute approximate surface area is 204 Å². The number of anilines is 1. The minimum absolute atomic E-state index is 0.190. The van der Waals surface area contributed by atoms with E-state index >= 15 is 0 Å². The third-order valence-corrected chi connectivity index (χ3v) is 9.73. The lowest BCUT2D eigenvalue weighted by Gasteiger charge is -2.22. The number of likely N-dealkylation sites (N-methyl/N-ethyl adjacent to an activating group) is 1. The molecule has 3 heterocycles. The molecule has 1 saturated heterocycles. The number of fused-ring (bicyclic) bond motifs is 1. The highest BCUT2D eigenvalue weighted by Crippen LogP contribution is 2.35. The lowest BCUT2D eigenvalue weighted by Crippen LogP contribution is -3.11. The van der Waals surface area contributed by atoms with Crippen LogP contribution < -0.4 is 10.2 Å². The molecule has 1 fully saturated rings. The largest absolute Gasteiger partial charge is 0.465 e. The van der Waals surface area contributed by atoms with Crippen LogP contribution in [0.15, 0.2) is 29.2 Å². The molecule has 0 radical (unpaired) electrons. The van der Waals surface area contributed by atoms with Crippen molar-refractivity contribution in [2.24, 2.45) is 0 Å². The monoisotopic (exact) mass is 506 g/mol. The van der Waals surface area contributed by atoms with Gasteiger partial charge in [0.1, 0.15) is 11.5 Å². The summed E-state index contributed by atoms with van der Waals surface area (Å²) in [6.07, 6.45) is 4.58. The first-order chi connectivity index (χ1) is 16.3. The number of hydrogen-bond donors (Lipinski definition) is 2. The number of nitrogens with one attached hydrogen (secondary N) is 2. The summed E-state index contributed by atoms with van der Waals surface area (Å²) in [5.74, 6) is -0.839. The van der Waals surface area contributed by atoms with Gasteiger partial charge in [0.25, 0.3) is 5.91 Å². The first-order valence-corrected chi connectivity index (χ1v) is 14.1. The van der Waals surface area contributed by atoms with Crippen LogP contribution in [-0.4, -0.2) is 57.9 Å². The maximum atomic E-state index is 13.0. The van der Waals surface area contributed by atoms with Gasteiger partial charge in [0.2, 0.25) is 10.0 Å². The third kappa shape index (κ3) is 5.05. The van der Waals surface area contributed by atoms with Gasteiger partial charge in [-0.3, -0.25) is 4.79 Å². The molecule has 8 nitrogen and oxygen atoms in total. The maximum absolute atomic E-state index is 13.0. The second-order valence-corrected chi connectivity index (χ2v) is 11.8. The molecule has 2 aliphatic heterocycles. The quantitative estimate of drug-likeness (QED) is 0.586. The number of rotatable bonds is 6. The fourth-order valence-corrected chi connectivity index (χ4v) is 7.45. The van der Waals surface area contributed by atoms with Gasteiger partial charge in [0.05, 0.1) is 35.5 Å². The molecule has 2 aromatic rings. The van der Waals surface area contributed by atoms with Gasteiger partial charge < -0.3 is 15.0 Å². The number of carbonyl (C=O) groups is 2. The van der Waals surface area contributed by atoms with Gasteiger partial charge >= 0.3 is 5.97 Å². The summed E-state index contributed by atoms with van der Waals surface area (Å²) in [4.78, 5) is 28.2. The highest BCUT2D eigenvalue weighted by atomic mass is 32.2. The van der Waals surface area contributed by atoms with Crippen molar-refractivity contribution in [2.75, 3.05) is 38.6 Å². The highest BCUT2D eigenvalue weighted by molar-refractivity contribution is 7.89. The number of nitrogens with zero attached hydrogens (tertiary/aromatic N) is 1. The van der Waals surface area contributed by atoms with Gasteiger partial charge in [0, 0.05) is 25.1 Å². The first-order valence-electron chi connectivity index (χ1n) is 11.8. The van der Waals surface area contributed by atoms with Crippen molar-refractivity contribution in [1.82, 2.24) is 4.31 Å². The normalized spacial score (nSPS) is 19.2. The number of thiophene rings is 1. The second-order valence-electron chi connectivity index (χ2n) is 8.78. The summed E-state index contributed by atoms with van der Waals surface area (Å²) in [5, 5.41) is 3.36. The molecule has 0 aliphatic carbocycles. The lowest BCUT2D eigenvalue weighted by atomic mass is 10.0. The predicted octanol–water partition coefficient (Wildman–Crippen LogP) is 2.31. The molecule has 10 heteroatoms. The summed E-state index contributed by atoms with van der Waals surface area (Å²) in [7, 11) is -2.24. The van der Waals surface area contributed by atoms with E-state index in [1.54, 1.807) is 0 Å². The third-order valence-electron chi connectivity index (χ3n) is 6.67. The highest BCUT2D eigenvalue weighted by Gasteiger charge is 2.31. The van der Waals surface area contributed by atoms with Crippen LogP contribution in [0.1, 0.15) is 63.8 Å². The van der Waals surface area contributed by atoms with E-state index in [1.807, 2.05) is 0 Å². The molecular weight excluding hydrogens is 474 g/mol. The molecule has 0 bridgehead atoms. The molecule has 1 unspecified atom stereocenters. The Morgan fingerprint density at radius 1 is 1.12 bits per heavy atom. The fraction of sp³-hybridized carbons (Fsp3) is 0.500. The van der Waals surface area contributed by atoms with Crippen molar-refractivity contribution < 1.29 is 27.6 Å². The van der Waals surface area contributed by atoms with E-state index < -0.39 is 16.0 Å². The summed E-state index contributed by atoms with van der Waals surface area (Å²) >= 11 is 1.42. The zero-order valence-corrected chi connectivity index (χ0v) is 21.3. The van der Waals surface area contributed by atoms with Crippen molar-refractivity contribution >= 4 is 38.2 Å². The molecule has 184 valence electrons. The summed E-state index contributed by atoms with van der Waals surface area (Å²) in [6, 6.07) is 6.01. The van der Waals surface area contributed by atoms with Gasteiger partial charge in [-0.05, 0) is 49.6 Å². The van der Waals surface area contributed by atoms with Crippen molar-refractivity contribution in [3.8, 4) is 0 Å². The van der Waals surface area contributed by atoms with Crippen LogP contribution >= 0.6 is 11.3 Å². The van der Waals surface area contributed by atoms with Crippen LogP contribution in [0.4, 0.5) is 5.00 Å². The van der Waals surface area contributed by atoms with Gasteiger partial charge in [-0.15, -0.1) is 11.3 Å². The molecule has 1 aromatic carbocycles. The molecular formula is C24H32N3O5S2+. The molecule has 1 amide bonds. The van der Waals surface area contributed by atoms with E-state index in [2.05, 4.69) is 12.2 Å². The summed E-state index contributed by atoms with van der Waals surface area (Å²) in [6.45, 7) is 5.94. The lowest BCUT2D eigenvalue weighted by molar-refractivity contribution is -0.913. The Morgan fingerprint density at radius 3 is 2.41 bits per heavy atom. The van der Waals surface area contributed by atoms with Crippen molar-refractivity contribution in [3.05, 3.63) is 45.8 Å². The number of sulfonamides is 1. The SMILES string of the molecule is CC[NH+]1CCc2c(sc(NC(=O)c3ccc(S(=O)(=O)N4CCCCCC4)cc3)c2C(=O)OC)C1. The number of hydrogen-bond acceptors (Lipinski definition) is 6. The van der Waals surface area contributed by atoms with Crippen molar-refractivity contribution in [2.45, 2.75) is 50.5 Å². The van der Waals surface area contributed by atoms with Gasteiger partial charge in [-0.1, -0.05) is 12.8 Å². The Morgan fingerprint density at radius 2 is 1.79 bits per heavy atom. The standard InChI is InChI=1S/C24H31N3O5S2/c1-3-26-15-12-19-20(16-26)33-23(21(19)24(29)32-2)25-22(28)17-8-10-18(11-9-17)34(30,31)27-13-6-4-5-7-14-27/h8-11H,3-7,12-16H2,1-2H3,(H,25,28)/p+1. The fourth-order valence-electron chi connectivity index (χ4n) is 4.63. The number of carbonyl (C=O) groups excluding carboxylic acids is 2. The molecule has 2 N–H and O–H groups in total. The zero-order chi connectivity index (χ0) is 24.3. The average Bonchev–Trinajstić information content (AvgIpc) is 3.00. The van der Waals surface area contributed by atoms with E-state index in [0.717, 1.165) is 62.2 Å². The maximum Gasteiger partial charge on any atom is 0.341 e. The van der Waals surface area contributed by atoms with Crippen LogP contribution in [0, 0.1) is 0 Å². The minimum Gasteiger partial charge on any atom is -0.465 e. The number of amides is 1. The summed E-state index contributed by atoms with van der Waals surface area (Å²) in [5.41, 5.74) is 1.73. The molecule has 34 heavy (non-hydrogen) atoms. The second kappa shape index (κ2) is 10.6. The van der Waals surface area contributed by atoms with E-state index in [9.17, 15) is 18.0 Å². The van der Waals surface area contributed by atoms with Crippen LogP contribution in [-0.2, 0) is 27.7 Å². The first kappa shape index (κ1) is 24.8. The zero-order valence-electron chi connectivity index (χ0n) is 19.7. The van der Waals surface area contributed by atoms with Gasteiger partial charge in [-0.2, -0.15) is 4.31 Å². The Hall–Kier alpha value is -2.27. The van der Waals surface area contributed by atoms with Crippen LogP contribution in [0.2, 0.25) is 0 Å². The number of methoxy groups -OCH3 is 1. The minimum atomic E-state index is -3.58. The van der Waals surface area contributed by atoms with Crippen LogP contribution in [0.5, 0.6) is 0 Å². The molecule has 0 saturated carbocycles. The van der Waals surface area contributed by atoms with Crippen LogP contribution in [0.3, 0.4) is 0 Å². The van der Waals surface area contributed by atoms with Crippen molar-refractivity contribution in [3.63, 3.8) is 0 Å². The number of esters is 1. The van der Waals surface area contributed by atoms with E-state index in [4.69, 9.17) is 4.74 Å². The molecule has 0 spiro atoms. The van der Waals surface area contributed by atoms with Crippen molar-refractivity contribution in [1.29, 1.82) is 0 Å². The number of quaternary nitrogens is 1. The molecule has 1 aromatic heterocycles. The van der Waals surface area contributed by atoms with E-state index in [0.29, 0.717) is 29.2 Å². The Kier molecular flexibility index (Phi) is 7.71. The Bertz CT molecular complexity index is 1150. The Balaban J connectivity index is 1.54. The van der Waals surface area contributed by atoms with E-state index in [1.165, 1.54) is 51.9 Å². The van der Waals surface area contributed by atoms with Crippen LogP contribution in [0.25, 0.3) is 0 Å². The van der Waals surface area contributed by atoms with E-state index in [-0.39, 0.29) is 10.8 Å². The molecule has 2 aliphatic rings. The van der Waals surface area contributed by atoms with Gasteiger partial charge in [0.15, 0.2) is 0 Å². The smallest absolute Gasteiger partial charge is 0.341 e. The number of ether oxygens (including phenoxy) is 1. The molecule has 4 rings (SSSR count). The average molecular weight is 507 g/mol. The number of benzene rings is 1. The molecule has 1 atom stereocenters. The summed E-state index contributed by atoms with van der Waals surface area (Å²) < 4.78 is 32.5. The predicted molar refractivity (Wildman–Crippen MR) is 131 cm³/mol. The van der Waals surface area contributed by atoms with Gasteiger partial charge in [-0.25, -0.2) is 13.2 Å².